The van der Waals surface area contributed by atoms with Crippen LogP contribution in [0.3, 0.4) is 0 Å². The van der Waals surface area contributed by atoms with Crippen molar-refractivity contribution >= 4 is 0 Å². The molecule has 2 atom stereocenters. The Morgan fingerprint density at radius 1 is 1.33 bits per heavy atom. The monoisotopic (exact) mass is 250 g/mol. The molecule has 2 rings (SSSR count). The minimum Gasteiger partial charge on any atom is -0.497 e. The highest BCUT2D eigenvalue weighted by atomic mass is 16.5. The van der Waals surface area contributed by atoms with Crippen LogP contribution in [0, 0.1) is 0 Å². The number of benzene rings is 1. The van der Waals surface area contributed by atoms with Crippen molar-refractivity contribution in [1.29, 1.82) is 0 Å². The normalized spacial score (nSPS) is 24.2. The van der Waals surface area contributed by atoms with Crippen LogP contribution in [0.4, 0.5) is 0 Å². The average Bonchev–Trinajstić information content (AvgIpc) is 2.78. The molecule has 0 bridgehead atoms. The van der Waals surface area contributed by atoms with Gasteiger partial charge in [-0.2, -0.15) is 0 Å². The molecule has 1 aliphatic heterocycles. The van der Waals surface area contributed by atoms with Crippen LogP contribution in [0.5, 0.6) is 11.5 Å². The molecular formula is C14H22N2O2. The standard InChI is InChI=1S/C14H22N2O2/c1-4-16-8-7-12(15)14(16)11-9-10(17-2)5-6-13(11)18-3/h5-6,9,12,14H,4,7-8,15H2,1-3H3. The highest BCUT2D eigenvalue weighted by Crippen LogP contribution is 2.38. The van der Waals surface area contributed by atoms with E-state index < -0.39 is 0 Å². The van der Waals surface area contributed by atoms with Crippen LogP contribution in [0.25, 0.3) is 0 Å². The van der Waals surface area contributed by atoms with E-state index in [0.717, 1.165) is 36.6 Å². The van der Waals surface area contributed by atoms with Crippen molar-refractivity contribution in [2.75, 3.05) is 27.3 Å². The molecule has 0 aromatic heterocycles. The van der Waals surface area contributed by atoms with E-state index in [2.05, 4.69) is 11.8 Å². The Morgan fingerprint density at radius 2 is 2.11 bits per heavy atom. The summed E-state index contributed by atoms with van der Waals surface area (Å²) in [4.78, 5) is 2.39. The Bertz CT molecular complexity index is 409. The number of methoxy groups -OCH3 is 2. The van der Waals surface area contributed by atoms with Crippen molar-refractivity contribution in [1.82, 2.24) is 4.90 Å². The van der Waals surface area contributed by atoms with E-state index >= 15 is 0 Å². The van der Waals surface area contributed by atoms with Gasteiger partial charge in [0.05, 0.1) is 20.3 Å². The molecule has 1 aliphatic rings. The van der Waals surface area contributed by atoms with E-state index in [0.29, 0.717) is 0 Å². The maximum atomic E-state index is 6.25. The third kappa shape index (κ3) is 2.31. The van der Waals surface area contributed by atoms with E-state index in [4.69, 9.17) is 15.2 Å². The fourth-order valence-electron chi connectivity index (χ4n) is 2.74. The molecule has 1 heterocycles. The molecule has 1 aromatic carbocycles. The summed E-state index contributed by atoms with van der Waals surface area (Å²) in [5.74, 6) is 1.73. The molecule has 18 heavy (non-hydrogen) atoms. The summed E-state index contributed by atoms with van der Waals surface area (Å²) in [5.41, 5.74) is 7.38. The minimum atomic E-state index is 0.158. The first-order valence-corrected chi connectivity index (χ1v) is 6.42. The van der Waals surface area contributed by atoms with Crippen LogP contribution in [-0.2, 0) is 0 Å². The fraction of sp³-hybridized carbons (Fsp3) is 0.571. The lowest BCUT2D eigenvalue weighted by atomic mass is 9.99. The van der Waals surface area contributed by atoms with Crippen molar-refractivity contribution in [3.05, 3.63) is 23.8 Å². The summed E-state index contributed by atoms with van der Waals surface area (Å²) in [6.45, 7) is 4.21. The van der Waals surface area contributed by atoms with Crippen molar-refractivity contribution < 1.29 is 9.47 Å². The van der Waals surface area contributed by atoms with Gasteiger partial charge in [-0.1, -0.05) is 6.92 Å². The summed E-state index contributed by atoms with van der Waals surface area (Å²) in [6, 6.07) is 6.29. The summed E-state index contributed by atoms with van der Waals surface area (Å²) < 4.78 is 10.8. The highest BCUT2D eigenvalue weighted by Gasteiger charge is 2.33. The molecule has 0 spiro atoms. The zero-order chi connectivity index (χ0) is 13.1. The number of nitrogens with two attached hydrogens (primary N) is 1. The molecule has 1 saturated heterocycles. The number of hydrogen-bond donors (Lipinski definition) is 1. The predicted molar refractivity (Wildman–Crippen MR) is 72.1 cm³/mol. The largest absolute Gasteiger partial charge is 0.497 e. The first-order chi connectivity index (χ1) is 8.71. The molecule has 1 aromatic rings. The van der Waals surface area contributed by atoms with Crippen LogP contribution in [0.2, 0.25) is 0 Å². The number of likely N-dealkylation sites (N-methyl/N-ethyl adjacent to an activating group) is 1. The molecule has 2 N–H and O–H groups in total. The summed E-state index contributed by atoms with van der Waals surface area (Å²) in [5, 5.41) is 0. The highest BCUT2D eigenvalue weighted by molar-refractivity contribution is 5.43. The Hall–Kier alpha value is -1.26. The Balaban J connectivity index is 2.40. The quantitative estimate of drug-likeness (QED) is 0.885. The molecule has 0 amide bonds. The van der Waals surface area contributed by atoms with Gasteiger partial charge in [0.25, 0.3) is 0 Å². The smallest absolute Gasteiger partial charge is 0.123 e. The van der Waals surface area contributed by atoms with E-state index in [-0.39, 0.29) is 12.1 Å². The first kappa shape index (κ1) is 13.2. The third-order valence-electron chi connectivity index (χ3n) is 3.71. The third-order valence-corrected chi connectivity index (χ3v) is 3.71. The van der Waals surface area contributed by atoms with Crippen molar-refractivity contribution in [2.24, 2.45) is 5.73 Å². The van der Waals surface area contributed by atoms with Gasteiger partial charge in [-0.15, -0.1) is 0 Å². The molecule has 0 saturated carbocycles. The zero-order valence-corrected chi connectivity index (χ0v) is 11.3. The van der Waals surface area contributed by atoms with Gasteiger partial charge in [0.1, 0.15) is 11.5 Å². The molecule has 1 fully saturated rings. The van der Waals surface area contributed by atoms with E-state index in [1.807, 2.05) is 18.2 Å². The van der Waals surface area contributed by atoms with Gasteiger partial charge < -0.3 is 15.2 Å². The molecule has 0 aliphatic carbocycles. The van der Waals surface area contributed by atoms with Gasteiger partial charge in [0, 0.05) is 18.2 Å². The van der Waals surface area contributed by atoms with Crippen LogP contribution < -0.4 is 15.2 Å². The van der Waals surface area contributed by atoms with Gasteiger partial charge in [-0.05, 0) is 31.2 Å². The van der Waals surface area contributed by atoms with Gasteiger partial charge in [-0.3, -0.25) is 4.90 Å². The topological polar surface area (TPSA) is 47.7 Å². The second-order valence-corrected chi connectivity index (χ2v) is 4.63. The lowest BCUT2D eigenvalue weighted by Gasteiger charge is -2.27. The van der Waals surface area contributed by atoms with Crippen LogP contribution >= 0.6 is 0 Å². The van der Waals surface area contributed by atoms with Crippen molar-refractivity contribution in [2.45, 2.75) is 25.4 Å². The average molecular weight is 250 g/mol. The number of hydrogen-bond acceptors (Lipinski definition) is 4. The van der Waals surface area contributed by atoms with Gasteiger partial charge in [0.2, 0.25) is 0 Å². The second-order valence-electron chi connectivity index (χ2n) is 4.63. The maximum absolute atomic E-state index is 6.25. The number of nitrogens with zero attached hydrogens (tertiary/aromatic N) is 1. The van der Waals surface area contributed by atoms with E-state index in [1.54, 1.807) is 14.2 Å². The van der Waals surface area contributed by atoms with Crippen LogP contribution in [-0.4, -0.2) is 38.3 Å². The Kier molecular flexibility index (Phi) is 4.09. The SMILES string of the molecule is CCN1CCC(N)C1c1cc(OC)ccc1OC. The predicted octanol–water partition coefficient (Wildman–Crippen LogP) is 1.80. The first-order valence-electron chi connectivity index (χ1n) is 6.42. The maximum Gasteiger partial charge on any atom is 0.123 e. The van der Waals surface area contributed by atoms with Crippen LogP contribution in [0.1, 0.15) is 24.9 Å². The number of ether oxygens (including phenoxy) is 2. The lowest BCUT2D eigenvalue weighted by molar-refractivity contribution is 0.253. The second kappa shape index (κ2) is 5.59. The molecular weight excluding hydrogens is 228 g/mol. The summed E-state index contributed by atoms with van der Waals surface area (Å²) in [6.07, 6.45) is 1.03. The van der Waals surface area contributed by atoms with E-state index in [9.17, 15) is 0 Å². The number of likely N-dealkylation sites (tertiary alicyclic amines) is 1. The van der Waals surface area contributed by atoms with Gasteiger partial charge >= 0.3 is 0 Å². The van der Waals surface area contributed by atoms with Crippen LogP contribution in [0.15, 0.2) is 18.2 Å². The Labute approximate surface area is 109 Å². The molecule has 2 unspecified atom stereocenters. The van der Waals surface area contributed by atoms with E-state index in [1.165, 1.54) is 0 Å². The zero-order valence-electron chi connectivity index (χ0n) is 11.3. The lowest BCUT2D eigenvalue weighted by Crippen LogP contribution is -2.32. The van der Waals surface area contributed by atoms with Gasteiger partial charge in [0.15, 0.2) is 0 Å². The molecule has 0 radical (unpaired) electrons. The summed E-state index contributed by atoms with van der Waals surface area (Å²) in [7, 11) is 3.37. The summed E-state index contributed by atoms with van der Waals surface area (Å²) >= 11 is 0. The molecule has 4 nitrogen and oxygen atoms in total. The van der Waals surface area contributed by atoms with Crippen molar-refractivity contribution in [3.63, 3.8) is 0 Å². The van der Waals surface area contributed by atoms with Crippen molar-refractivity contribution in [3.8, 4) is 11.5 Å². The molecule has 4 heteroatoms. The minimum absolute atomic E-state index is 0.158. The van der Waals surface area contributed by atoms with Gasteiger partial charge in [-0.25, -0.2) is 0 Å². The molecule has 100 valence electrons. The Morgan fingerprint density at radius 3 is 2.72 bits per heavy atom. The number of rotatable bonds is 4. The fourth-order valence-corrected chi connectivity index (χ4v) is 2.74.